The fourth-order valence-corrected chi connectivity index (χ4v) is 4.46. The summed E-state index contributed by atoms with van der Waals surface area (Å²) in [6, 6.07) is 9.66. The zero-order valence-electron chi connectivity index (χ0n) is 17.7. The van der Waals surface area contributed by atoms with Crippen LogP contribution >= 0.6 is 35.6 Å². The third-order valence-electron chi connectivity index (χ3n) is 4.68. The largest absolute Gasteiger partial charge is 0.356 e. The van der Waals surface area contributed by atoms with Gasteiger partial charge in [-0.25, -0.2) is 12.8 Å². The summed E-state index contributed by atoms with van der Waals surface area (Å²) >= 11 is 6.21. The summed E-state index contributed by atoms with van der Waals surface area (Å²) in [5, 5.41) is 6.87. The van der Waals surface area contributed by atoms with E-state index in [1.54, 1.807) is 32.2 Å². The van der Waals surface area contributed by atoms with Gasteiger partial charge in [0.15, 0.2) is 15.8 Å². The number of nitrogens with one attached hydrogen (secondary N) is 2. The third kappa shape index (κ3) is 7.09. The Bertz CT molecular complexity index is 1030. The Labute approximate surface area is 200 Å². The summed E-state index contributed by atoms with van der Waals surface area (Å²) in [6.45, 7) is 6.83. The number of benzene rings is 2. The van der Waals surface area contributed by atoms with Gasteiger partial charge in [-0.15, -0.1) is 24.0 Å². The van der Waals surface area contributed by atoms with Crippen LogP contribution < -0.4 is 10.6 Å². The molecule has 0 fully saturated rings. The number of rotatable bonds is 6. The predicted molar refractivity (Wildman–Crippen MR) is 132 cm³/mol. The van der Waals surface area contributed by atoms with Gasteiger partial charge in [-0.2, -0.15) is 0 Å². The van der Waals surface area contributed by atoms with E-state index in [9.17, 15) is 12.8 Å². The van der Waals surface area contributed by atoms with Crippen LogP contribution in [0.15, 0.2) is 46.3 Å². The second kappa shape index (κ2) is 10.8. The highest BCUT2D eigenvalue weighted by molar-refractivity contribution is 14.0. The summed E-state index contributed by atoms with van der Waals surface area (Å²) in [4.78, 5) is 4.56. The number of aliphatic imine (C=N–C) groups is 1. The molecule has 166 valence electrons. The average Bonchev–Trinajstić information content (AvgIpc) is 2.60. The van der Waals surface area contributed by atoms with Crippen molar-refractivity contribution in [3.63, 3.8) is 0 Å². The SMILES string of the molecule is CN=C(NCc1ccc(S(C)(=O)=O)c(C)c1)NCC(C)(C)c1ccc(F)cc1Cl.I. The van der Waals surface area contributed by atoms with Crippen molar-refractivity contribution in [3.8, 4) is 0 Å². The number of aryl methyl sites for hydroxylation is 1. The summed E-state index contributed by atoms with van der Waals surface area (Å²) in [7, 11) is -1.56. The zero-order valence-corrected chi connectivity index (χ0v) is 21.6. The Hall–Kier alpha value is -1.39. The normalized spacial score (nSPS) is 12.3. The molecule has 0 atom stereocenters. The molecule has 0 spiro atoms. The van der Waals surface area contributed by atoms with Gasteiger partial charge in [-0.1, -0.05) is 43.6 Å². The lowest BCUT2D eigenvalue weighted by molar-refractivity contribution is 0.507. The Morgan fingerprint density at radius 1 is 1.17 bits per heavy atom. The van der Waals surface area contributed by atoms with Crippen molar-refractivity contribution in [2.24, 2.45) is 4.99 Å². The minimum atomic E-state index is -3.23. The van der Waals surface area contributed by atoms with Crippen LogP contribution in [0.4, 0.5) is 4.39 Å². The monoisotopic (exact) mass is 567 g/mol. The molecule has 0 aliphatic carbocycles. The zero-order chi connectivity index (χ0) is 21.8. The quantitative estimate of drug-likeness (QED) is 0.307. The molecule has 0 amide bonds. The van der Waals surface area contributed by atoms with E-state index in [4.69, 9.17) is 11.6 Å². The van der Waals surface area contributed by atoms with Crippen LogP contribution in [0.3, 0.4) is 0 Å². The maximum absolute atomic E-state index is 13.3. The smallest absolute Gasteiger partial charge is 0.191 e. The van der Waals surface area contributed by atoms with E-state index in [2.05, 4.69) is 15.6 Å². The van der Waals surface area contributed by atoms with Crippen molar-refractivity contribution < 1.29 is 12.8 Å². The van der Waals surface area contributed by atoms with Crippen LogP contribution in [0, 0.1) is 12.7 Å². The van der Waals surface area contributed by atoms with Gasteiger partial charge in [0.1, 0.15) is 5.82 Å². The molecule has 9 heteroatoms. The van der Waals surface area contributed by atoms with Crippen molar-refractivity contribution in [1.29, 1.82) is 0 Å². The number of hydrogen-bond donors (Lipinski definition) is 2. The highest BCUT2D eigenvalue weighted by atomic mass is 127. The van der Waals surface area contributed by atoms with Crippen molar-refractivity contribution in [3.05, 3.63) is 63.9 Å². The first-order valence-corrected chi connectivity index (χ1v) is 11.4. The molecule has 0 saturated heterocycles. The molecule has 0 aromatic heterocycles. The first-order chi connectivity index (χ1) is 13.4. The second-order valence-electron chi connectivity index (χ2n) is 7.66. The van der Waals surface area contributed by atoms with Gasteiger partial charge in [0.2, 0.25) is 0 Å². The fraction of sp³-hybridized carbons (Fsp3) is 0.381. The van der Waals surface area contributed by atoms with E-state index < -0.39 is 9.84 Å². The summed E-state index contributed by atoms with van der Waals surface area (Å²) in [6.07, 6.45) is 1.20. The third-order valence-corrected chi connectivity index (χ3v) is 6.25. The van der Waals surface area contributed by atoms with Crippen LogP contribution in [0.5, 0.6) is 0 Å². The van der Waals surface area contributed by atoms with E-state index in [1.807, 2.05) is 19.9 Å². The maximum Gasteiger partial charge on any atom is 0.191 e. The molecule has 0 bridgehead atoms. The number of halogens is 3. The molecule has 2 aromatic rings. The van der Waals surface area contributed by atoms with Crippen molar-refractivity contribution >= 4 is 51.4 Å². The Balaban J connectivity index is 0.00000450. The molecule has 2 aromatic carbocycles. The van der Waals surface area contributed by atoms with Crippen LogP contribution in [0.1, 0.15) is 30.5 Å². The molecule has 30 heavy (non-hydrogen) atoms. The lowest BCUT2D eigenvalue weighted by Gasteiger charge is -2.27. The molecular formula is C21H28ClFIN3O2S. The van der Waals surface area contributed by atoms with Crippen LogP contribution in [-0.4, -0.2) is 34.2 Å². The molecule has 5 nitrogen and oxygen atoms in total. The first-order valence-electron chi connectivity index (χ1n) is 9.13. The van der Waals surface area contributed by atoms with E-state index in [1.165, 1.54) is 18.4 Å². The standard InChI is InChI=1S/C21H27ClFN3O2S.HI/c1-14-10-15(6-9-19(14)29(5,27)28)12-25-20(24-4)26-13-21(2,3)17-8-7-16(23)11-18(17)22;/h6-11H,12-13H2,1-5H3,(H2,24,25,26);1H. The average molecular weight is 568 g/mol. The van der Waals surface area contributed by atoms with Gasteiger partial charge >= 0.3 is 0 Å². The Morgan fingerprint density at radius 2 is 1.83 bits per heavy atom. The molecule has 0 heterocycles. The minimum absolute atomic E-state index is 0. The molecule has 0 unspecified atom stereocenters. The van der Waals surface area contributed by atoms with Gasteiger partial charge in [0.05, 0.1) is 4.90 Å². The number of nitrogens with zero attached hydrogens (tertiary/aromatic N) is 1. The van der Waals surface area contributed by atoms with Crippen molar-refractivity contribution in [2.75, 3.05) is 19.8 Å². The van der Waals surface area contributed by atoms with E-state index in [0.29, 0.717) is 34.5 Å². The lowest BCUT2D eigenvalue weighted by atomic mass is 9.84. The Kier molecular flexibility index (Phi) is 9.56. The topological polar surface area (TPSA) is 70.6 Å². The predicted octanol–water partition coefficient (Wildman–Crippen LogP) is 4.45. The molecule has 2 rings (SSSR count). The van der Waals surface area contributed by atoms with Gasteiger partial charge in [-0.3, -0.25) is 4.99 Å². The van der Waals surface area contributed by atoms with Crippen molar-refractivity contribution in [2.45, 2.75) is 37.6 Å². The molecule has 0 aliphatic rings. The molecule has 0 radical (unpaired) electrons. The van der Waals surface area contributed by atoms with E-state index in [0.717, 1.165) is 11.1 Å². The first kappa shape index (κ1) is 26.6. The molecular weight excluding hydrogens is 540 g/mol. The van der Waals surface area contributed by atoms with Gasteiger partial charge < -0.3 is 10.6 Å². The van der Waals surface area contributed by atoms with Crippen LogP contribution in [-0.2, 0) is 21.8 Å². The summed E-state index contributed by atoms with van der Waals surface area (Å²) in [5.74, 6) is 0.235. The molecule has 2 N–H and O–H groups in total. The van der Waals surface area contributed by atoms with Crippen molar-refractivity contribution in [1.82, 2.24) is 10.6 Å². The van der Waals surface area contributed by atoms with Gasteiger partial charge in [0, 0.05) is 36.8 Å². The molecule has 0 saturated carbocycles. The fourth-order valence-electron chi connectivity index (χ4n) is 3.08. The number of sulfone groups is 1. The maximum atomic E-state index is 13.3. The lowest BCUT2D eigenvalue weighted by Crippen LogP contribution is -2.43. The van der Waals surface area contributed by atoms with Gasteiger partial charge in [-0.05, 0) is 41.8 Å². The van der Waals surface area contributed by atoms with Gasteiger partial charge in [0.25, 0.3) is 0 Å². The number of guanidine groups is 1. The number of hydrogen-bond acceptors (Lipinski definition) is 3. The highest BCUT2D eigenvalue weighted by Gasteiger charge is 2.24. The Morgan fingerprint density at radius 3 is 2.37 bits per heavy atom. The van der Waals surface area contributed by atoms with E-state index >= 15 is 0 Å². The minimum Gasteiger partial charge on any atom is -0.356 e. The van der Waals surface area contributed by atoms with Crippen LogP contribution in [0.2, 0.25) is 5.02 Å². The van der Waals surface area contributed by atoms with E-state index in [-0.39, 0.29) is 35.2 Å². The summed E-state index contributed by atoms with van der Waals surface area (Å²) in [5.41, 5.74) is 2.15. The highest BCUT2D eigenvalue weighted by Crippen LogP contribution is 2.29. The molecule has 0 aliphatic heterocycles. The van der Waals surface area contributed by atoms with Crippen LogP contribution in [0.25, 0.3) is 0 Å². The summed E-state index contributed by atoms with van der Waals surface area (Å²) < 4.78 is 36.8. The second-order valence-corrected chi connectivity index (χ2v) is 10.1.